The van der Waals surface area contributed by atoms with Crippen LogP contribution in [0.5, 0.6) is 0 Å². The average molecular weight is 266 g/mol. The molecule has 0 spiro atoms. The van der Waals surface area contributed by atoms with Crippen molar-refractivity contribution in [2.75, 3.05) is 0 Å². The third kappa shape index (κ3) is 5.11. The minimum Gasteiger partial charge on any atom is -0.350 e. The number of carbonyl (C=O) groups excluding carboxylic acids is 2. The molecule has 0 saturated carbocycles. The van der Waals surface area contributed by atoms with Gasteiger partial charge in [-0.2, -0.15) is 0 Å². The highest BCUT2D eigenvalue weighted by Crippen LogP contribution is 2.03. The summed E-state index contributed by atoms with van der Waals surface area (Å²) < 4.78 is 1.90. The standard InChI is InChI=1S/C13H22N4O2/c1-9(2)12(16-11(4)18)13(19)15-10(3)7-17-6-5-14-8-17/h5-6,8-10,12H,7H2,1-4H3,(H,15,19)(H,16,18)/t10-,12+/m0/s1. The van der Waals surface area contributed by atoms with E-state index in [0.717, 1.165) is 0 Å². The van der Waals surface area contributed by atoms with Gasteiger partial charge in [0.25, 0.3) is 0 Å². The second-order valence-corrected chi connectivity index (χ2v) is 5.09. The van der Waals surface area contributed by atoms with Crippen LogP contribution in [0.15, 0.2) is 18.7 Å². The summed E-state index contributed by atoms with van der Waals surface area (Å²) in [5.41, 5.74) is 0. The third-order valence-electron chi connectivity index (χ3n) is 2.74. The SMILES string of the molecule is CC(=O)N[C@@H](C(=O)N[C@@H](C)Cn1ccnc1)C(C)C. The minimum atomic E-state index is -0.497. The lowest BCUT2D eigenvalue weighted by Crippen LogP contribution is -2.51. The van der Waals surface area contributed by atoms with Crippen LogP contribution in [0.1, 0.15) is 27.7 Å². The van der Waals surface area contributed by atoms with E-state index in [2.05, 4.69) is 15.6 Å². The molecule has 0 bridgehead atoms. The molecule has 0 aliphatic rings. The number of imidazole rings is 1. The van der Waals surface area contributed by atoms with E-state index in [1.807, 2.05) is 31.5 Å². The van der Waals surface area contributed by atoms with Gasteiger partial charge >= 0.3 is 0 Å². The van der Waals surface area contributed by atoms with E-state index in [9.17, 15) is 9.59 Å². The quantitative estimate of drug-likeness (QED) is 0.789. The highest BCUT2D eigenvalue weighted by Gasteiger charge is 2.23. The number of rotatable bonds is 6. The number of amides is 2. The topological polar surface area (TPSA) is 76.0 Å². The number of nitrogens with one attached hydrogen (secondary N) is 2. The number of aromatic nitrogens is 2. The predicted octanol–water partition coefficient (Wildman–Crippen LogP) is 0.549. The van der Waals surface area contributed by atoms with Crippen molar-refractivity contribution in [1.29, 1.82) is 0 Å². The average Bonchev–Trinajstić information content (AvgIpc) is 2.77. The van der Waals surface area contributed by atoms with E-state index < -0.39 is 6.04 Å². The lowest BCUT2D eigenvalue weighted by Gasteiger charge is -2.23. The summed E-state index contributed by atoms with van der Waals surface area (Å²) in [5, 5.41) is 5.58. The third-order valence-corrected chi connectivity index (χ3v) is 2.74. The van der Waals surface area contributed by atoms with Crippen LogP contribution in [-0.4, -0.2) is 33.4 Å². The van der Waals surface area contributed by atoms with Crippen LogP contribution in [0.4, 0.5) is 0 Å². The van der Waals surface area contributed by atoms with Crippen molar-refractivity contribution in [3.8, 4) is 0 Å². The first-order valence-electron chi connectivity index (χ1n) is 6.43. The number of carbonyl (C=O) groups is 2. The summed E-state index contributed by atoms with van der Waals surface area (Å²) >= 11 is 0. The van der Waals surface area contributed by atoms with E-state index in [4.69, 9.17) is 0 Å². The van der Waals surface area contributed by atoms with Gasteiger partial charge in [0.05, 0.1) is 6.33 Å². The molecule has 0 unspecified atom stereocenters. The highest BCUT2D eigenvalue weighted by atomic mass is 16.2. The maximum Gasteiger partial charge on any atom is 0.243 e. The molecule has 0 aromatic carbocycles. The second-order valence-electron chi connectivity index (χ2n) is 5.09. The van der Waals surface area contributed by atoms with Gasteiger partial charge in [0.1, 0.15) is 6.04 Å². The van der Waals surface area contributed by atoms with Crippen molar-refractivity contribution in [2.45, 2.75) is 46.3 Å². The molecule has 2 N–H and O–H groups in total. The van der Waals surface area contributed by atoms with Crippen molar-refractivity contribution in [3.63, 3.8) is 0 Å². The zero-order valence-corrected chi connectivity index (χ0v) is 11.9. The first kappa shape index (κ1) is 15.2. The molecule has 19 heavy (non-hydrogen) atoms. The largest absolute Gasteiger partial charge is 0.350 e. The fraction of sp³-hybridized carbons (Fsp3) is 0.615. The van der Waals surface area contributed by atoms with Gasteiger partial charge in [-0.3, -0.25) is 9.59 Å². The molecular weight excluding hydrogens is 244 g/mol. The molecule has 0 radical (unpaired) electrons. The van der Waals surface area contributed by atoms with Gasteiger partial charge in [-0.1, -0.05) is 13.8 Å². The van der Waals surface area contributed by atoms with Gasteiger partial charge in [0, 0.05) is 31.9 Å². The van der Waals surface area contributed by atoms with Gasteiger partial charge in [-0.15, -0.1) is 0 Å². The number of nitrogens with zero attached hydrogens (tertiary/aromatic N) is 2. The Balaban J connectivity index is 2.53. The van der Waals surface area contributed by atoms with Crippen LogP contribution < -0.4 is 10.6 Å². The lowest BCUT2D eigenvalue weighted by molar-refractivity contribution is -0.129. The molecule has 0 aliphatic carbocycles. The van der Waals surface area contributed by atoms with Crippen LogP contribution in [0.25, 0.3) is 0 Å². The molecule has 0 fully saturated rings. The smallest absolute Gasteiger partial charge is 0.243 e. The lowest BCUT2D eigenvalue weighted by atomic mass is 10.0. The fourth-order valence-electron chi connectivity index (χ4n) is 1.84. The monoisotopic (exact) mass is 266 g/mol. The molecule has 6 heteroatoms. The van der Waals surface area contributed by atoms with Crippen LogP contribution in [0, 0.1) is 5.92 Å². The van der Waals surface area contributed by atoms with Crippen molar-refractivity contribution < 1.29 is 9.59 Å². The van der Waals surface area contributed by atoms with E-state index in [-0.39, 0.29) is 23.8 Å². The summed E-state index contributed by atoms with van der Waals surface area (Å²) in [6, 6.07) is -0.528. The molecule has 1 rings (SSSR count). The zero-order valence-electron chi connectivity index (χ0n) is 11.9. The van der Waals surface area contributed by atoms with Gasteiger partial charge < -0.3 is 15.2 Å². The van der Waals surface area contributed by atoms with Crippen LogP contribution in [-0.2, 0) is 16.1 Å². The van der Waals surface area contributed by atoms with E-state index in [1.54, 1.807) is 12.5 Å². The summed E-state index contributed by atoms with van der Waals surface area (Å²) in [7, 11) is 0. The van der Waals surface area contributed by atoms with Crippen molar-refractivity contribution in [1.82, 2.24) is 20.2 Å². The fourth-order valence-corrected chi connectivity index (χ4v) is 1.84. The minimum absolute atomic E-state index is 0.0308. The molecule has 0 saturated heterocycles. The molecule has 1 aromatic heterocycles. The summed E-state index contributed by atoms with van der Waals surface area (Å²) in [6.07, 6.45) is 5.25. The molecule has 106 valence electrons. The Morgan fingerprint density at radius 1 is 1.26 bits per heavy atom. The Morgan fingerprint density at radius 2 is 1.95 bits per heavy atom. The first-order chi connectivity index (χ1) is 8.90. The van der Waals surface area contributed by atoms with Gasteiger partial charge in [-0.25, -0.2) is 4.98 Å². The Hall–Kier alpha value is -1.85. The summed E-state index contributed by atoms with van der Waals surface area (Å²) in [5.74, 6) is -0.307. The second kappa shape index (κ2) is 6.92. The molecular formula is C13H22N4O2. The molecule has 1 heterocycles. The van der Waals surface area contributed by atoms with Gasteiger partial charge in [-0.05, 0) is 12.8 Å². The number of hydrogen-bond acceptors (Lipinski definition) is 3. The van der Waals surface area contributed by atoms with Gasteiger partial charge in [0.15, 0.2) is 0 Å². The maximum atomic E-state index is 12.1. The van der Waals surface area contributed by atoms with E-state index in [1.165, 1.54) is 6.92 Å². The first-order valence-corrected chi connectivity index (χ1v) is 6.43. The Kier molecular flexibility index (Phi) is 5.54. The normalized spacial score (nSPS) is 13.9. The Labute approximate surface area is 113 Å². The van der Waals surface area contributed by atoms with Crippen molar-refractivity contribution in [2.24, 2.45) is 5.92 Å². The van der Waals surface area contributed by atoms with E-state index in [0.29, 0.717) is 6.54 Å². The van der Waals surface area contributed by atoms with Gasteiger partial charge in [0.2, 0.25) is 11.8 Å². The van der Waals surface area contributed by atoms with Crippen molar-refractivity contribution >= 4 is 11.8 Å². The Bertz CT molecular complexity index is 414. The van der Waals surface area contributed by atoms with E-state index >= 15 is 0 Å². The molecule has 1 aromatic rings. The number of hydrogen-bond donors (Lipinski definition) is 2. The van der Waals surface area contributed by atoms with Crippen LogP contribution in [0.2, 0.25) is 0 Å². The highest BCUT2D eigenvalue weighted by molar-refractivity contribution is 5.87. The molecule has 2 amide bonds. The summed E-state index contributed by atoms with van der Waals surface area (Å²) in [4.78, 5) is 27.2. The predicted molar refractivity (Wildman–Crippen MR) is 72.3 cm³/mol. The summed E-state index contributed by atoms with van der Waals surface area (Å²) in [6.45, 7) is 7.79. The molecule has 2 atom stereocenters. The zero-order chi connectivity index (χ0) is 14.4. The van der Waals surface area contributed by atoms with Crippen LogP contribution >= 0.6 is 0 Å². The molecule has 6 nitrogen and oxygen atoms in total. The maximum absolute atomic E-state index is 12.1. The Morgan fingerprint density at radius 3 is 2.42 bits per heavy atom. The van der Waals surface area contributed by atoms with Crippen molar-refractivity contribution in [3.05, 3.63) is 18.7 Å². The molecule has 0 aliphatic heterocycles. The van der Waals surface area contributed by atoms with Crippen LogP contribution in [0.3, 0.4) is 0 Å².